The molecule has 452 valence electrons. The van der Waals surface area contributed by atoms with Crippen molar-refractivity contribution in [2.75, 3.05) is 13.2 Å². The highest BCUT2D eigenvalue weighted by Crippen LogP contribution is 2.19. The number of esters is 3. The number of hydrogen-bond acceptors (Lipinski definition) is 6. The summed E-state index contributed by atoms with van der Waals surface area (Å²) in [6, 6.07) is 0. The van der Waals surface area contributed by atoms with Crippen molar-refractivity contribution in [1.82, 2.24) is 0 Å². The monoisotopic (exact) mass is 1070 g/mol. The zero-order valence-corrected chi connectivity index (χ0v) is 52.1. The van der Waals surface area contributed by atoms with Gasteiger partial charge in [-0.15, -0.1) is 0 Å². The van der Waals surface area contributed by atoms with Gasteiger partial charge in [0.05, 0.1) is 0 Å². The highest BCUT2D eigenvalue weighted by Gasteiger charge is 2.19. The Bertz CT molecular complexity index is 1140. The molecule has 1 unspecified atom stereocenters. The molecule has 0 aromatic carbocycles. The summed E-state index contributed by atoms with van der Waals surface area (Å²) in [7, 11) is 0. The van der Waals surface area contributed by atoms with Crippen LogP contribution in [0.1, 0.15) is 412 Å². The zero-order chi connectivity index (χ0) is 55.0. The van der Waals surface area contributed by atoms with Gasteiger partial charge < -0.3 is 14.2 Å². The number of carbonyl (C=O) groups excluding carboxylic acids is 3. The Morgan fingerprint density at radius 1 is 0.211 bits per heavy atom. The predicted octanol–water partition coefficient (Wildman–Crippen LogP) is 23.8. The van der Waals surface area contributed by atoms with E-state index in [0.717, 1.165) is 57.8 Å². The lowest BCUT2D eigenvalue weighted by Crippen LogP contribution is -2.30. The van der Waals surface area contributed by atoms with Gasteiger partial charge in [-0.25, -0.2) is 0 Å². The van der Waals surface area contributed by atoms with Crippen molar-refractivity contribution in [1.29, 1.82) is 0 Å². The standard InChI is InChI=1S/C70H136O6/c1-4-7-10-13-16-19-21-23-25-26-27-28-29-30-31-32-33-34-35-36-37-38-39-40-41-42-43-45-46-48-51-54-57-60-63-69(72)75-66-67(65-74-68(71)62-59-56-53-50-18-15-12-9-6-3)76-70(73)64-61-58-55-52-49-47-44-24-22-20-17-14-11-8-5-2/h67H,4-66H2,1-3H3. The van der Waals surface area contributed by atoms with Crippen LogP contribution in [-0.2, 0) is 28.6 Å². The van der Waals surface area contributed by atoms with Gasteiger partial charge in [-0.05, 0) is 19.3 Å². The molecule has 6 nitrogen and oxygen atoms in total. The third-order valence-electron chi connectivity index (χ3n) is 16.4. The Morgan fingerprint density at radius 2 is 0.355 bits per heavy atom. The van der Waals surface area contributed by atoms with Crippen molar-refractivity contribution in [3.05, 3.63) is 0 Å². The van der Waals surface area contributed by atoms with Gasteiger partial charge in [0, 0.05) is 19.3 Å². The molecular weight excluding hydrogens is 937 g/mol. The molecule has 0 rings (SSSR count). The lowest BCUT2D eigenvalue weighted by atomic mass is 10.0. The smallest absolute Gasteiger partial charge is 0.306 e. The van der Waals surface area contributed by atoms with E-state index in [2.05, 4.69) is 20.8 Å². The van der Waals surface area contributed by atoms with Crippen molar-refractivity contribution >= 4 is 17.9 Å². The molecule has 0 spiro atoms. The van der Waals surface area contributed by atoms with Crippen molar-refractivity contribution < 1.29 is 28.6 Å². The minimum Gasteiger partial charge on any atom is -0.462 e. The first-order valence-electron chi connectivity index (χ1n) is 35.0. The van der Waals surface area contributed by atoms with E-state index >= 15 is 0 Å². The minimum absolute atomic E-state index is 0.0611. The van der Waals surface area contributed by atoms with Crippen molar-refractivity contribution in [2.24, 2.45) is 0 Å². The Morgan fingerprint density at radius 3 is 0.526 bits per heavy atom. The molecule has 0 N–H and O–H groups in total. The molecule has 0 aliphatic heterocycles. The van der Waals surface area contributed by atoms with Gasteiger partial charge in [-0.1, -0.05) is 374 Å². The number of hydrogen-bond donors (Lipinski definition) is 0. The highest BCUT2D eigenvalue weighted by atomic mass is 16.6. The topological polar surface area (TPSA) is 78.9 Å². The van der Waals surface area contributed by atoms with Gasteiger partial charge in [0.2, 0.25) is 0 Å². The summed E-state index contributed by atoms with van der Waals surface area (Å²) in [5, 5.41) is 0. The quantitative estimate of drug-likeness (QED) is 0.0343. The second-order valence-electron chi connectivity index (χ2n) is 24.2. The Kier molecular flexibility index (Phi) is 64.5. The lowest BCUT2D eigenvalue weighted by Gasteiger charge is -2.18. The molecule has 0 amide bonds. The summed E-state index contributed by atoms with van der Waals surface area (Å²) < 4.78 is 16.9. The second-order valence-corrected chi connectivity index (χ2v) is 24.2. The molecule has 0 aromatic rings. The fraction of sp³-hybridized carbons (Fsp3) is 0.957. The molecule has 0 aromatic heterocycles. The summed E-state index contributed by atoms with van der Waals surface area (Å²) >= 11 is 0. The molecule has 0 heterocycles. The van der Waals surface area contributed by atoms with E-state index in [1.54, 1.807) is 0 Å². The first kappa shape index (κ1) is 74.4. The molecule has 0 radical (unpaired) electrons. The maximum absolute atomic E-state index is 12.9. The van der Waals surface area contributed by atoms with Gasteiger partial charge in [0.1, 0.15) is 13.2 Å². The molecule has 0 saturated carbocycles. The van der Waals surface area contributed by atoms with E-state index in [9.17, 15) is 14.4 Å². The fourth-order valence-electron chi connectivity index (χ4n) is 11.1. The van der Waals surface area contributed by atoms with Crippen LogP contribution in [0.15, 0.2) is 0 Å². The van der Waals surface area contributed by atoms with Gasteiger partial charge in [-0.2, -0.15) is 0 Å². The minimum atomic E-state index is -0.761. The highest BCUT2D eigenvalue weighted by molar-refractivity contribution is 5.71. The zero-order valence-electron chi connectivity index (χ0n) is 52.1. The number of rotatable bonds is 66. The molecule has 0 bridgehead atoms. The van der Waals surface area contributed by atoms with Crippen LogP contribution in [-0.4, -0.2) is 37.2 Å². The Balaban J connectivity index is 3.93. The van der Waals surface area contributed by atoms with Crippen LogP contribution < -0.4 is 0 Å². The van der Waals surface area contributed by atoms with E-state index in [1.807, 2.05) is 0 Å². The number of ether oxygens (including phenoxy) is 3. The Labute approximate surface area is 476 Å². The first-order valence-corrected chi connectivity index (χ1v) is 35.0. The van der Waals surface area contributed by atoms with E-state index in [0.29, 0.717) is 19.3 Å². The second kappa shape index (κ2) is 65.9. The van der Waals surface area contributed by atoms with E-state index in [1.165, 1.54) is 315 Å². The van der Waals surface area contributed by atoms with E-state index in [-0.39, 0.29) is 31.1 Å². The van der Waals surface area contributed by atoms with Crippen LogP contribution in [0.4, 0.5) is 0 Å². The SMILES string of the molecule is CCCCCCCCCCCCCCCCCCCCCCCCCCCCCCCCCCCCC(=O)OCC(COC(=O)CCCCCCCCCCC)OC(=O)CCCCCCCCCCCCCCCCC. The molecule has 1 atom stereocenters. The third-order valence-corrected chi connectivity index (χ3v) is 16.4. The van der Waals surface area contributed by atoms with Gasteiger partial charge >= 0.3 is 17.9 Å². The normalized spacial score (nSPS) is 11.9. The molecule has 6 heteroatoms. The van der Waals surface area contributed by atoms with Crippen molar-refractivity contribution in [3.63, 3.8) is 0 Å². The van der Waals surface area contributed by atoms with Crippen LogP contribution in [0.2, 0.25) is 0 Å². The molecule has 0 aliphatic carbocycles. The third kappa shape index (κ3) is 63.2. The summed E-state index contributed by atoms with van der Waals surface area (Å²) in [5.41, 5.74) is 0. The van der Waals surface area contributed by atoms with Crippen LogP contribution in [0.3, 0.4) is 0 Å². The maximum Gasteiger partial charge on any atom is 0.306 e. The van der Waals surface area contributed by atoms with E-state index < -0.39 is 6.10 Å². The number of carbonyl (C=O) groups is 3. The molecule has 0 aliphatic rings. The van der Waals surface area contributed by atoms with Crippen molar-refractivity contribution in [3.8, 4) is 0 Å². The predicted molar refractivity (Wildman–Crippen MR) is 330 cm³/mol. The fourth-order valence-corrected chi connectivity index (χ4v) is 11.1. The van der Waals surface area contributed by atoms with Gasteiger partial charge in [0.25, 0.3) is 0 Å². The molecule has 76 heavy (non-hydrogen) atoms. The first-order chi connectivity index (χ1) is 37.5. The lowest BCUT2D eigenvalue weighted by molar-refractivity contribution is -0.167. The van der Waals surface area contributed by atoms with Crippen LogP contribution in [0.5, 0.6) is 0 Å². The Hall–Kier alpha value is -1.59. The summed E-state index contributed by atoms with van der Waals surface area (Å²) in [4.78, 5) is 38.2. The van der Waals surface area contributed by atoms with E-state index in [4.69, 9.17) is 14.2 Å². The average molecular weight is 1070 g/mol. The van der Waals surface area contributed by atoms with Gasteiger partial charge in [-0.3, -0.25) is 14.4 Å². The molecule has 0 saturated heterocycles. The number of unbranched alkanes of at least 4 members (excludes halogenated alkanes) is 55. The largest absolute Gasteiger partial charge is 0.462 e. The summed E-state index contributed by atoms with van der Waals surface area (Å²) in [6.07, 6.45) is 77.4. The van der Waals surface area contributed by atoms with Crippen molar-refractivity contribution in [2.45, 2.75) is 419 Å². The summed E-state index contributed by atoms with van der Waals surface area (Å²) in [6.45, 7) is 6.70. The van der Waals surface area contributed by atoms with Gasteiger partial charge in [0.15, 0.2) is 6.10 Å². The van der Waals surface area contributed by atoms with Crippen LogP contribution in [0, 0.1) is 0 Å². The van der Waals surface area contributed by atoms with Crippen LogP contribution in [0.25, 0.3) is 0 Å². The summed E-state index contributed by atoms with van der Waals surface area (Å²) in [5.74, 6) is -0.831. The average Bonchev–Trinajstić information content (AvgIpc) is 3.42. The van der Waals surface area contributed by atoms with Crippen LogP contribution >= 0.6 is 0 Å². The molecular formula is C70H136O6. The maximum atomic E-state index is 12.9. The molecule has 0 fully saturated rings.